The van der Waals surface area contributed by atoms with Gasteiger partial charge in [-0.05, 0) is 31.4 Å². The van der Waals surface area contributed by atoms with Gasteiger partial charge < -0.3 is 15.0 Å². The molecule has 1 aliphatic rings. The molecule has 1 aromatic rings. The Bertz CT molecular complexity index is 438. The second-order valence-corrected chi connectivity index (χ2v) is 5.75. The molecule has 2 unspecified atom stereocenters. The summed E-state index contributed by atoms with van der Waals surface area (Å²) in [4.78, 5) is 2.33. The van der Waals surface area contributed by atoms with E-state index in [2.05, 4.69) is 24.1 Å². The average Bonchev–Trinajstić information content (AvgIpc) is 2.75. The summed E-state index contributed by atoms with van der Waals surface area (Å²) in [5.74, 6) is 0.543. The normalized spacial score (nSPS) is 22.5. The first-order chi connectivity index (χ1) is 9.63. The molecule has 112 valence electrons. The predicted octanol–water partition coefficient (Wildman–Crippen LogP) is 2.80. The Morgan fingerprint density at radius 3 is 2.85 bits per heavy atom. The molecular formula is C16H25FN2O. The molecule has 0 aromatic heterocycles. The first-order valence-electron chi connectivity index (χ1n) is 7.37. The number of ether oxygens (including phenoxy) is 1. The van der Waals surface area contributed by atoms with Gasteiger partial charge in [-0.3, -0.25) is 0 Å². The zero-order chi connectivity index (χ0) is 14.5. The van der Waals surface area contributed by atoms with Crippen molar-refractivity contribution in [1.29, 1.82) is 0 Å². The minimum absolute atomic E-state index is 0.126. The molecule has 2 rings (SSSR count). The first kappa shape index (κ1) is 15.3. The maximum absolute atomic E-state index is 14.1. The number of rotatable bonds is 6. The van der Waals surface area contributed by atoms with Gasteiger partial charge in [-0.25, -0.2) is 4.39 Å². The molecule has 20 heavy (non-hydrogen) atoms. The van der Waals surface area contributed by atoms with Gasteiger partial charge in [0, 0.05) is 44.0 Å². The van der Waals surface area contributed by atoms with E-state index in [9.17, 15) is 4.39 Å². The Morgan fingerprint density at radius 2 is 2.20 bits per heavy atom. The molecule has 0 amide bonds. The van der Waals surface area contributed by atoms with Crippen LogP contribution in [-0.4, -0.2) is 32.8 Å². The van der Waals surface area contributed by atoms with Gasteiger partial charge in [0.25, 0.3) is 0 Å². The van der Waals surface area contributed by atoms with Crippen molar-refractivity contribution in [3.05, 3.63) is 29.6 Å². The van der Waals surface area contributed by atoms with E-state index in [-0.39, 0.29) is 5.82 Å². The Labute approximate surface area is 121 Å². The van der Waals surface area contributed by atoms with E-state index < -0.39 is 0 Å². The number of benzene rings is 1. The maximum atomic E-state index is 14.1. The summed E-state index contributed by atoms with van der Waals surface area (Å²) in [6.45, 7) is 7.40. The van der Waals surface area contributed by atoms with Crippen molar-refractivity contribution in [3.8, 4) is 0 Å². The summed E-state index contributed by atoms with van der Waals surface area (Å²) >= 11 is 0. The van der Waals surface area contributed by atoms with Crippen molar-refractivity contribution in [3.63, 3.8) is 0 Å². The van der Waals surface area contributed by atoms with E-state index in [1.807, 2.05) is 6.07 Å². The molecule has 1 saturated heterocycles. The highest BCUT2D eigenvalue weighted by molar-refractivity contribution is 5.55. The molecule has 1 N–H and O–H groups in total. The van der Waals surface area contributed by atoms with Gasteiger partial charge in [0.1, 0.15) is 5.82 Å². The van der Waals surface area contributed by atoms with Gasteiger partial charge in [0.2, 0.25) is 0 Å². The summed E-state index contributed by atoms with van der Waals surface area (Å²) in [6, 6.07) is 5.86. The lowest BCUT2D eigenvalue weighted by Crippen LogP contribution is -2.29. The molecule has 0 spiro atoms. The SMILES string of the molecule is COCCNCc1c(F)cccc1N1CC(C)CC1C. The summed E-state index contributed by atoms with van der Waals surface area (Å²) in [5, 5.41) is 3.24. The van der Waals surface area contributed by atoms with E-state index >= 15 is 0 Å². The van der Waals surface area contributed by atoms with E-state index in [4.69, 9.17) is 4.74 Å². The largest absolute Gasteiger partial charge is 0.383 e. The zero-order valence-electron chi connectivity index (χ0n) is 12.7. The highest BCUT2D eigenvalue weighted by Crippen LogP contribution is 2.32. The topological polar surface area (TPSA) is 24.5 Å². The Hall–Kier alpha value is -1.13. The standard InChI is InChI=1S/C16H25FN2O/c1-12-9-13(2)19(11-12)16-6-4-5-15(17)14(16)10-18-7-8-20-3/h4-6,12-13,18H,7-11H2,1-3H3. The minimum atomic E-state index is -0.126. The molecule has 0 radical (unpaired) electrons. The molecule has 4 heteroatoms. The minimum Gasteiger partial charge on any atom is -0.383 e. The third-order valence-electron chi connectivity index (χ3n) is 3.97. The lowest BCUT2D eigenvalue weighted by Gasteiger charge is -2.27. The van der Waals surface area contributed by atoms with Gasteiger partial charge in [0.15, 0.2) is 0 Å². The van der Waals surface area contributed by atoms with Gasteiger partial charge >= 0.3 is 0 Å². The van der Waals surface area contributed by atoms with Crippen molar-refractivity contribution in [2.24, 2.45) is 5.92 Å². The summed E-state index contributed by atoms with van der Waals surface area (Å²) < 4.78 is 19.1. The molecule has 0 aliphatic carbocycles. The van der Waals surface area contributed by atoms with E-state index in [0.29, 0.717) is 25.1 Å². The van der Waals surface area contributed by atoms with Crippen LogP contribution in [0.1, 0.15) is 25.8 Å². The van der Waals surface area contributed by atoms with Crippen molar-refractivity contribution in [2.45, 2.75) is 32.9 Å². The van der Waals surface area contributed by atoms with Crippen LogP contribution in [0.2, 0.25) is 0 Å². The number of hydrogen-bond donors (Lipinski definition) is 1. The number of nitrogens with one attached hydrogen (secondary N) is 1. The number of hydrogen-bond acceptors (Lipinski definition) is 3. The van der Waals surface area contributed by atoms with Crippen LogP contribution in [0.3, 0.4) is 0 Å². The molecule has 1 fully saturated rings. The lowest BCUT2D eigenvalue weighted by atomic mass is 10.1. The molecule has 2 atom stereocenters. The van der Waals surface area contributed by atoms with Gasteiger partial charge in [-0.2, -0.15) is 0 Å². The fraction of sp³-hybridized carbons (Fsp3) is 0.625. The number of anilines is 1. The van der Waals surface area contributed by atoms with Crippen molar-refractivity contribution < 1.29 is 9.13 Å². The second-order valence-electron chi connectivity index (χ2n) is 5.75. The van der Waals surface area contributed by atoms with Crippen LogP contribution < -0.4 is 10.2 Å². The Morgan fingerprint density at radius 1 is 1.40 bits per heavy atom. The smallest absolute Gasteiger partial charge is 0.129 e. The van der Waals surface area contributed by atoms with E-state index in [0.717, 1.165) is 24.3 Å². The molecule has 1 heterocycles. The zero-order valence-corrected chi connectivity index (χ0v) is 12.7. The quantitative estimate of drug-likeness (QED) is 0.811. The van der Waals surface area contributed by atoms with Crippen LogP contribution in [-0.2, 0) is 11.3 Å². The molecule has 1 aromatic carbocycles. The number of methoxy groups -OCH3 is 1. The van der Waals surface area contributed by atoms with Crippen LogP contribution in [0.25, 0.3) is 0 Å². The van der Waals surface area contributed by atoms with E-state index in [1.165, 1.54) is 6.42 Å². The summed E-state index contributed by atoms with van der Waals surface area (Å²) in [5.41, 5.74) is 1.80. The van der Waals surface area contributed by atoms with Crippen LogP contribution in [0.5, 0.6) is 0 Å². The highest BCUT2D eigenvalue weighted by Gasteiger charge is 2.28. The van der Waals surface area contributed by atoms with Crippen molar-refractivity contribution >= 4 is 5.69 Å². The Kier molecular flexibility index (Phi) is 5.38. The monoisotopic (exact) mass is 280 g/mol. The van der Waals surface area contributed by atoms with Gasteiger partial charge in [-0.1, -0.05) is 13.0 Å². The third-order valence-corrected chi connectivity index (χ3v) is 3.97. The van der Waals surface area contributed by atoms with Crippen LogP contribution in [0.4, 0.5) is 10.1 Å². The van der Waals surface area contributed by atoms with Crippen LogP contribution >= 0.6 is 0 Å². The van der Waals surface area contributed by atoms with Gasteiger partial charge in [-0.15, -0.1) is 0 Å². The number of halogens is 1. The average molecular weight is 280 g/mol. The highest BCUT2D eigenvalue weighted by atomic mass is 19.1. The van der Waals surface area contributed by atoms with E-state index in [1.54, 1.807) is 19.2 Å². The fourth-order valence-corrected chi connectivity index (χ4v) is 3.01. The van der Waals surface area contributed by atoms with Crippen molar-refractivity contribution in [2.75, 3.05) is 31.7 Å². The summed E-state index contributed by atoms with van der Waals surface area (Å²) in [7, 11) is 1.67. The molecular weight excluding hydrogens is 255 g/mol. The summed E-state index contributed by atoms with van der Waals surface area (Å²) in [6.07, 6.45) is 1.17. The molecule has 3 nitrogen and oxygen atoms in total. The molecule has 0 bridgehead atoms. The lowest BCUT2D eigenvalue weighted by molar-refractivity contribution is 0.199. The first-order valence-corrected chi connectivity index (χ1v) is 7.37. The predicted molar refractivity (Wildman–Crippen MR) is 80.6 cm³/mol. The van der Waals surface area contributed by atoms with Crippen LogP contribution in [0.15, 0.2) is 18.2 Å². The van der Waals surface area contributed by atoms with Crippen LogP contribution in [0, 0.1) is 11.7 Å². The molecule has 0 saturated carbocycles. The Balaban J connectivity index is 2.13. The third kappa shape index (κ3) is 3.49. The maximum Gasteiger partial charge on any atom is 0.129 e. The number of nitrogens with zero attached hydrogens (tertiary/aromatic N) is 1. The fourth-order valence-electron chi connectivity index (χ4n) is 3.01. The molecule has 1 aliphatic heterocycles. The second kappa shape index (κ2) is 7.04. The van der Waals surface area contributed by atoms with Gasteiger partial charge in [0.05, 0.1) is 6.61 Å². The van der Waals surface area contributed by atoms with Crippen molar-refractivity contribution in [1.82, 2.24) is 5.32 Å².